The molecule has 1 N–H and O–H groups in total. The molecule has 24 heavy (non-hydrogen) atoms. The van der Waals surface area contributed by atoms with Gasteiger partial charge in [-0.25, -0.2) is 4.79 Å². The summed E-state index contributed by atoms with van der Waals surface area (Å²) in [4.78, 5) is 14.5. The highest BCUT2D eigenvalue weighted by molar-refractivity contribution is 5.74. The maximum Gasteiger partial charge on any atom is 0.317 e. The van der Waals surface area contributed by atoms with Crippen molar-refractivity contribution in [2.24, 2.45) is 13.0 Å². The van der Waals surface area contributed by atoms with E-state index in [0.717, 1.165) is 12.1 Å². The maximum absolute atomic E-state index is 12.6. The van der Waals surface area contributed by atoms with E-state index >= 15 is 0 Å². The third kappa shape index (κ3) is 4.31. The Balaban J connectivity index is 1.90. The first-order chi connectivity index (χ1) is 11.3. The number of carbonyl (C=O) groups excluding carboxylic acids is 1. The topological polar surface area (TPSA) is 50.2 Å². The lowest BCUT2D eigenvalue weighted by Crippen LogP contribution is -2.48. The van der Waals surface area contributed by atoms with E-state index in [1.807, 2.05) is 30.6 Å². The number of hydrogen-bond acceptors (Lipinski definition) is 2. The van der Waals surface area contributed by atoms with Gasteiger partial charge in [-0.3, -0.25) is 4.68 Å². The fraction of sp³-hybridized carbons (Fsp3) is 0.789. The van der Waals surface area contributed by atoms with Crippen molar-refractivity contribution in [2.45, 2.75) is 78.3 Å². The summed E-state index contributed by atoms with van der Waals surface area (Å²) in [5.74, 6) is 0.646. The second kappa shape index (κ2) is 8.04. The van der Waals surface area contributed by atoms with Crippen LogP contribution < -0.4 is 5.32 Å². The largest absolute Gasteiger partial charge is 0.335 e. The molecule has 5 heteroatoms. The number of carbonyl (C=O) groups is 1. The van der Waals surface area contributed by atoms with E-state index in [0.29, 0.717) is 12.0 Å². The fourth-order valence-corrected chi connectivity index (χ4v) is 3.90. The minimum atomic E-state index is 0.0415. The molecular weight excluding hydrogens is 300 g/mol. The van der Waals surface area contributed by atoms with E-state index in [4.69, 9.17) is 0 Å². The van der Waals surface area contributed by atoms with E-state index in [1.165, 1.54) is 43.4 Å². The number of nitrogens with one attached hydrogen (secondary N) is 1. The lowest BCUT2D eigenvalue weighted by atomic mass is 9.84. The molecule has 2 unspecified atom stereocenters. The molecular formula is C19H34N4O. The van der Waals surface area contributed by atoms with E-state index in [-0.39, 0.29) is 12.1 Å². The molecule has 1 aliphatic rings. The Morgan fingerprint density at radius 2 is 1.92 bits per heavy atom. The van der Waals surface area contributed by atoms with Crippen molar-refractivity contribution in [3.05, 3.63) is 17.0 Å². The average molecular weight is 335 g/mol. The molecule has 0 bridgehead atoms. The van der Waals surface area contributed by atoms with Crippen molar-refractivity contribution in [1.82, 2.24) is 20.0 Å². The third-order valence-electron chi connectivity index (χ3n) is 5.80. The van der Waals surface area contributed by atoms with E-state index in [1.54, 1.807) is 0 Å². The molecule has 2 atom stereocenters. The van der Waals surface area contributed by atoms with Crippen LogP contribution in [0.15, 0.2) is 0 Å². The molecule has 0 saturated heterocycles. The van der Waals surface area contributed by atoms with Gasteiger partial charge < -0.3 is 10.2 Å². The Labute approximate surface area is 146 Å². The van der Waals surface area contributed by atoms with Gasteiger partial charge in [0, 0.05) is 31.9 Å². The summed E-state index contributed by atoms with van der Waals surface area (Å²) >= 11 is 0. The fourth-order valence-electron chi connectivity index (χ4n) is 3.90. The van der Waals surface area contributed by atoms with Crippen LogP contribution in [0, 0.1) is 19.8 Å². The van der Waals surface area contributed by atoms with Gasteiger partial charge in [-0.05, 0) is 58.4 Å². The second-order valence-corrected chi connectivity index (χ2v) is 7.58. The van der Waals surface area contributed by atoms with Crippen molar-refractivity contribution < 1.29 is 4.79 Å². The van der Waals surface area contributed by atoms with Gasteiger partial charge in [-0.2, -0.15) is 5.10 Å². The second-order valence-electron chi connectivity index (χ2n) is 7.58. The molecule has 2 rings (SSSR count). The maximum atomic E-state index is 12.6. The molecule has 1 saturated carbocycles. The summed E-state index contributed by atoms with van der Waals surface area (Å²) in [6, 6.07) is 0.444. The average Bonchev–Trinajstić information content (AvgIpc) is 2.80. The molecule has 1 aromatic rings. The number of urea groups is 1. The van der Waals surface area contributed by atoms with Gasteiger partial charge in [0.2, 0.25) is 0 Å². The van der Waals surface area contributed by atoms with E-state index in [9.17, 15) is 4.79 Å². The minimum absolute atomic E-state index is 0.0415. The summed E-state index contributed by atoms with van der Waals surface area (Å²) in [5.41, 5.74) is 3.48. The van der Waals surface area contributed by atoms with Crippen molar-refractivity contribution in [2.75, 3.05) is 7.05 Å². The minimum Gasteiger partial charge on any atom is -0.335 e. The van der Waals surface area contributed by atoms with Crippen LogP contribution in [-0.4, -0.2) is 39.8 Å². The first-order valence-corrected chi connectivity index (χ1v) is 9.33. The molecule has 1 aliphatic carbocycles. The van der Waals surface area contributed by atoms with Gasteiger partial charge in [0.1, 0.15) is 0 Å². The van der Waals surface area contributed by atoms with Gasteiger partial charge in [-0.15, -0.1) is 0 Å². The number of rotatable bonds is 5. The zero-order valence-electron chi connectivity index (χ0n) is 16.2. The van der Waals surface area contributed by atoms with Crippen molar-refractivity contribution in [3.8, 4) is 0 Å². The zero-order chi connectivity index (χ0) is 17.9. The smallest absolute Gasteiger partial charge is 0.317 e. The van der Waals surface area contributed by atoms with Crippen LogP contribution in [0.3, 0.4) is 0 Å². The van der Waals surface area contributed by atoms with Crippen molar-refractivity contribution in [1.29, 1.82) is 0 Å². The Hall–Kier alpha value is -1.52. The van der Waals surface area contributed by atoms with Crippen LogP contribution >= 0.6 is 0 Å². The summed E-state index contributed by atoms with van der Waals surface area (Å²) in [5, 5.41) is 7.62. The van der Waals surface area contributed by atoms with Crippen LogP contribution in [0.5, 0.6) is 0 Å². The summed E-state index contributed by atoms with van der Waals surface area (Å²) in [6.45, 7) is 8.38. The quantitative estimate of drug-likeness (QED) is 0.895. The zero-order valence-corrected chi connectivity index (χ0v) is 16.2. The standard InChI is InChI=1S/C19H34N4O/c1-13(12-18-14(2)21-23(6)16(18)4)20-19(24)22(5)15(3)17-10-8-7-9-11-17/h13,15,17H,7-12H2,1-6H3,(H,20,24). The number of aromatic nitrogens is 2. The van der Waals surface area contributed by atoms with Gasteiger partial charge in [-0.1, -0.05) is 19.3 Å². The lowest BCUT2D eigenvalue weighted by Gasteiger charge is -2.35. The molecule has 0 radical (unpaired) electrons. The molecule has 0 spiro atoms. The number of aryl methyl sites for hydroxylation is 2. The molecule has 5 nitrogen and oxygen atoms in total. The molecule has 136 valence electrons. The monoisotopic (exact) mass is 334 g/mol. The molecule has 1 heterocycles. The summed E-state index contributed by atoms with van der Waals surface area (Å²) in [7, 11) is 3.90. The van der Waals surface area contributed by atoms with Crippen LogP contribution in [-0.2, 0) is 13.5 Å². The Morgan fingerprint density at radius 1 is 1.29 bits per heavy atom. The highest BCUT2D eigenvalue weighted by Gasteiger charge is 2.26. The third-order valence-corrected chi connectivity index (χ3v) is 5.80. The molecule has 1 fully saturated rings. The highest BCUT2D eigenvalue weighted by Crippen LogP contribution is 2.28. The van der Waals surface area contributed by atoms with Crippen molar-refractivity contribution >= 4 is 6.03 Å². The Morgan fingerprint density at radius 3 is 2.46 bits per heavy atom. The molecule has 0 aliphatic heterocycles. The SMILES string of the molecule is Cc1nn(C)c(C)c1CC(C)NC(=O)N(C)C(C)C1CCCCC1. The summed E-state index contributed by atoms with van der Waals surface area (Å²) < 4.78 is 1.91. The number of nitrogens with zero attached hydrogens (tertiary/aromatic N) is 3. The van der Waals surface area contributed by atoms with Crippen LogP contribution in [0.1, 0.15) is 62.9 Å². The first-order valence-electron chi connectivity index (χ1n) is 9.33. The van der Waals surface area contributed by atoms with Gasteiger partial charge >= 0.3 is 6.03 Å². The van der Waals surface area contributed by atoms with Crippen molar-refractivity contribution in [3.63, 3.8) is 0 Å². The summed E-state index contributed by atoms with van der Waals surface area (Å²) in [6.07, 6.45) is 7.29. The normalized spacial score (nSPS) is 18.2. The van der Waals surface area contributed by atoms with E-state index < -0.39 is 0 Å². The van der Waals surface area contributed by atoms with Gasteiger partial charge in [0.05, 0.1) is 5.69 Å². The predicted octanol–water partition coefficient (Wildman–Crippen LogP) is 3.58. The molecule has 2 amide bonds. The molecule has 1 aromatic heterocycles. The Bertz CT molecular complexity index is 560. The highest BCUT2D eigenvalue weighted by atomic mass is 16.2. The number of amides is 2. The predicted molar refractivity (Wildman–Crippen MR) is 98.2 cm³/mol. The first kappa shape index (κ1) is 18.8. The van der Waals surface area contributed by atoms with Crippen LogP contribution in [0.4, 0.5) is 4.79 Å². The van der Waals surface area contributed by atoms with Crippen LogP contribution in [0.2, 0.25) is 0 Å². The molecule has 0 aromatic carbocycles. The number of hydrogen-bond donors (Lipinski definition) is 1. The van der Waals surface area contributed by atoms with Gasteiger partial charge in [0.15, 0.2) is 0 Å². The lowest BCUT2D eigenvalue weighted by molar-refractivity contribution is 0.154. The van der Waals surface area contributed by atoms with E-state index in [2.05, 4.69) is 31.2 Å². The van der Waals surface area contributed by atoms with Gasteiger partial charge in [0.25, 0.3) is 0 Å². The van der Waals surface area contributed by atoms with Crippen LogP contribution in [0.25, 0.3) is 0 Å². The Kier molecular flexibility index (Phi) is 6.30.